The molecule has 0 radical (unpaired) electrons. The first-order valence-corrected chi connectivity index (χ1v) is 7.51. The molecule has 0 saturated heterocycles. The normalized spacial score (nSPS) is 12.8. The second-order valence-corrected chi connectivity index (χ2v) is 5.41. The largest absolute Gasteiger partial charge is 0.493 e. The highest BCUT2D eigenvalue weighted by Crippen LogP contribution is 2.27. The summed E-state index contributed by atoms with van der Waals surface area (Å²) in [6, 6.07) is 12.1. The van der Waals surface area contributed by atoms with Crippen molar-refractivity contribution in [1.82, 2.24) is 0 Å². The predicted molar refractivity (Wildman–Crippen MR) is 83.1 cm³/mol. The van der Waals surface area contributed by atoms with Gasteiger partial charge in [-0.1, -0.05) is 24.3 Å². The van der Waals surface area contributed by atoms with Crippen LogP contribution in [0.25, 0.3) is 0 Å². The fourth-order valence-corrected chi connectivity index (χ4v) is 2.77. The van der Waals surface area contributed by atoms with Gasteiger partial charge in [-0.15, -0.1) is 0 Å². The van der Waals surface area contributed by atoms with Crippen LogP contribution in [0.2, 0.25) is 0 Å². The highest BCUT2D eigenvalue weighted by Gasteiger charge is 2.12. The molecule has 2 aromatic carbocycles. The van der Waals surface area contributed by atoms with Crippen molar-refractivity contribution in [3.63, 3.8) is 0 Å². The van der Waals surface area contributed by atoms with Crippen molar-refractivity contribution in [2.75, 3.05) is 13.4 Å². The summed E-state index contributed by atoms with van der Waals surface area (Å²) in [5.41, 5.74) is 4.39. The van der Waals surface area contributed by atoms with E-state index in [1.807, 2.05) is 24.3 Å². The number of rotatable bonds is 6. The van der Waals surface area contributed by atoms with Crippen LogP contribution in [0, 0.1) is 0 Å². The molecule has 0 amide bonds. The lowest BCUT2D eigenvalue weighted by Crippen LogP contribution is -2.00. The minimum atomic E-state index is -0.388. The van der Waals surface area contributed by atoms with Crippen LogP contribution in [-0.4, -0.2) is 23.6 Å². The van der Waals surface area contributed by atoms with Gasteiger partial charge in [-0.2, -0.15) is 0 Å². The SMILES string of the molecule is OCOc1cc(CCc2ccc3c(c2)CCO3)ccc1CO. The summed E-state index contributed by atoms with van der Waals surface area (Å²) in [6.07, 6.45) is 2.81. The Morgan fingerprint density at radius 2 is 1.77 bits per heavy atom. The minimum absolute atomic E-state index is 0.0968. The van der Waals surface area contributed by atoms with Gasteiger partial charge in [-0.25, -0.2) is 0 Å². The highest BCUT2D eigenvalue weighted by molar-refractivity contribution is 5.41. The minimum Gasteiger partial charge on any atom is -0.493 e. The second kappa shape index (κ2) is 6.81. The third-order valence-corrected chi connectivity index (χ3v) is 3.98. The topological polar surface area (TPSA) is 58.9 Å². The van der Waals surface area contributed by atoms with Crippen LogP contribution in [0.4, 0.5) is 0 Å². The molecular formula is C18H20O4. The highest BCUT2D eigenvalue weighted by atomic mass is 16.6. The van der Waals surface area contributed by atoms with Gasteiger partial charge in [0.15, 0.2) is 6.79 Å². The van der Waals surface area contributed by atoms with E-state index in [1.54, 1.807) is 0 Å². The molecule has 2 N–H and O–H groups in total. The Morgan fingerprint density at radius 1 is 1.00 bits per heavy atom. The first kappa shape index (κ1) is 14.9. The van der Waals surface area contributed by atoms with E-state index >= 15 is 0 Å². The Labute approximate surface area is 129 Å². The first-order chi connectivity index (χ1) is 10.8. The van der Waals surface area contributed by atoms with E-state index in [1.165, 1.54) is 11.1 Å². The number of hydrogen-bond acceptors (Lipinski definition) is 4. The quantitative estimate of drug-likeness (QED) is 0.803. The van der Waals surface area contributed by atoms with E-state index in [2.05, 4.69) is 12.1 Å². The maximum atomic E-state index is 9.26. The molecule has 22 heavy (non-hydrogen) atoms. The zero-order valence-corrected chi connectivity index (χ0v) is 12.4. The fourth-order valence-electron chi connectivity index (χ4n) is 2.77. The molecule has 116 valence electrons. The summed E-state index contributed by atoms with van der Waals surface area (Å²) in [6.45, 7) is 0.297. The standard InChI is InChI=1S/C18H20O4/c19-11-16-5-3-14(10-18(16)22-12-20)2-1-13-4-6-17-15(9-13)7-8-21-17/h3-6,9-10,19-20H,1-2,7-8,11-12H2. The van der Waals surface area contributed by atoms with Crippen LogP contribution in [0.15, 0.2) is 36.4 Å². The lowest BCUT2D eigenvalue weighted by atomic mass is 10.0. The van der Waals surface area contributed by atoms with E-state index in [-0.39, 0.29) is 13.4 Å². The van der Waals surface area contributed by atoms with E-state index in [0.717, 1.165) is 37.2 Å². The van der Waals surface area contributed by atoms with Crippen LogP contribution >= 0.6 is 0 Å². The molecule has 3 rings (SSSR count). The van der Waals surface area contributed by atoms with Gasteiger partial charge >= 0.3 is 0 Å². The zero-order valence-electron chi connectivity index (χ0n) is 12.4. The Hall–Kier alpha value is -2.04. The Morgan fingerprint density at radius 3 is 2.55 bits per heavy atom. The van der Waals surface area contributed by atoms with E-state index < -0.39 is 0 Å². The fraction of sp³-hybridized carbons (Fsp3) is 0.333. The molecule has 4 heteroatoms. The first-order valence-electron chi connectivity index (χ1n) is 7.51. The van der Waals surface area contributed by atoms with Crippen molar-refractivity contribution in [1.29, 1.82) is 0 Å². The van der Waals surface area contributed by atoms with Gasteiger partial charge in [0.2, 0.25) is 0 Å². The molecular weight excluding hydrogens is 280 g/mol. The summed E-state index contributed by atoms with van der Waals surface area (Å²) < 4.78 is 10.7. The molecule has 1 aliphatic rings. The van der Waals surface area contributed by atoms with Crippen molar-refractivity contribution in [3.05, 3.63) is 58.7 Å². The lowest BCUT2D eigenvalue weighted by Gasteiger charge is -2.10. The van der Waals surface area contributed by atoms with E-state index in [9.17, 15) is 5.11 Å². The molecule has 0 saturated carbocycles. The van der Waals surface area contributed by atoms with Crippen LogP contribution in [-0.2, 0) is 25.9 Å². The molecule has 0 aliphatic carbocycles. The van der Waals surface area contributed by atoms with Gasteiger partial charge in [-0.05, 0) is 41.7 Å². The third kappa shape index (κ3) is 3.24. The number of aryl methyl sites for hydroxylation is 2. The van der Waals surface area contributed by atoms with Crippen molar-refractivity contribution >= 4 is 0 Å². The van der Waals surface area contributed by atoms with Crippen molar-refractivity contribution in [3.8, 4) is 11.5 Å². The Bertz CT molecular complexity index is 652. The molecule has 0 unspecified atom stereocenters. The summed E-state index contributed by atoms with van der Waals surface area (Å²) >= 11 is 0. The lowest BCUT2D eigenvalue weighted by molar-refractivity contribution is 0.0958. The molecule has 4 nitrogen and oxygen atoms in total. The Balaban J connectivity index is 1.69. The number of benzene rings is 2. The summed E-state index contributed by atoms with van der Waals surface area (Å²) in [5.74, 6) is 1.56. The molecule has 0 aromatic heterocycles. The van der Waals surface area contributed by atoms with Gasteiger partial charge in [0, 0.05) is 12.0 Å². The number of fused-ring (bicyclic) bond motifs is 1. The van der Waals surface area contributed by atoms with Crippen LogP contribution in [0.3, 0.4) is 0 Å². The number of hydrogen-bond donors (Lipinski definition) is 2. The van der Waals surface area contributed by atoms with E-state index in [4.69, 9.17) is 14.6 Å². The number of ether oxygens (including phenoxy) is 2. The molecule has 1 heterocycles. The van der Waals surface area contributed by atoms with E-state index in [0.29, 0.717) is 11.3 Å². The zero-order chi connectivity index (χ0) is 15.4. The summed E-state index contributed by atoms with van der Waals surface area (Å²) in [4.78, 5) is 0. The summed E-state index contributed by atoms with van der Waals surface area (Å²) in [7, 11) is 0. The maximum Gasteiger partial charge on any atom is 0.186 e. The van der Waals surface area contributed by atoms with Crippen LogP contribution in [0.5, 0.6) is 11.5 Å². The molecule has 2 aromatic rings. The van der Waals surface area contributed by atoms with Crippen LogP contribution in [0.1, 0.15) is 22.3 Å². The van der Waals surface area contributed by atoms with Gasteiger partial charge < -0.3 is 19.7 Å². The summed E-state index contributed by atoms with van der Waals surface area (Å²) in [5, 5.41) is 18.2. The average molecular weight is 300 g/mol. The van der Waals surface area contributed by atoms with Gasteiger partial charge in [-0.3, -0.25) is 0 Å². The maximum absolute atomic E-state index is 9.26. The molecule has 0 spiro atoms. The average Bonchev–Trinajstić information content (AvgIpc) is 3.01. The van der Waals surface area contributed by atoms with Gasteiger partial charge in [0.1, 0.15) is 11.5 Å². The third-order valence-electron chi connectivity index (χ3n) is 3.98. The molecule has 0 atom stereocenters. The molecule has 0 fully saturated rings. The number of aliphatic hydroxyl groups is 2. The second-order valence-electron chi connectivity index (χ2n) is 5.41. The monoisotopic (exact) mass is 300 g/mol. The molecule has 1 aliphatic heterocycles. The number of aliphatic hydroxyl groups excluding tert-OH is 2. The molecule has 0 bridgehead atoms. The van der Waals surface area contributed by atoms with Crippen molar-refractivity contribution in [2.45, 2.75) is 25.9 Å². The van der Waals surface area contributed by atoms with Crippen LogP contribution < -0.4 is 9.47 Å². The van der Waals surface area contributed by atoms with Crippen molar-refractivity contribution in [2.24, 2.45) is 0 Å². The van der Waals surface area contributed by atoms with Gasteiger partial charge in [0.05, 0.1) is 13.2 Å². The van der Waals surface area contributed by atoms with Gasteiger partial charge in [0.25, 0.3) is 0 Å². The Kier molecular flexibility index (Phi) is 4.61. The predicted octanol–water partition coefficient (Wildman–Crippen LogP) is 2.23. The smallest absolute Gasteiger partial charge is 0.186 e. The van der Waals surface area contributed by atoms with Crippen molar-refractivity contribution < 1.29 is 19.7 Å².